The van der Waals surface area contributed by atoms with Crippen molar-refractivity contribution in [3.8, 4) is 11.5 Å². The van der Waals surface area contributed by atoms with Gasteiger partial charge < -0.3 is 14.8 Å². The molecule has 1 N–H and O–H groups in total. The van der Waals surface area contributed by atoms with Crippen molar-refractivity contribution in [3.63, 3.8) is 0 Å². The van der Waals surface area contributed by atoms with E-state index in [1.54, 1.807) is 26.4 Å². The number of hydrogen-bond acceptors (Lipinski definition) is 4. The summed E-state index contributed by atoms with van der Waals surface area (Å²) in [5, 5.41) is 3.12. The lowest BCUT2D eigenvalue weighted by atomic mass is 10.0. The molecule has 148 valence electrons. The largest absolute Gasteiger partial charge is 0.493 e. The summed E-state index contributed by atoms with van der Waals surface area (Å²) in [6.45, 7) is 2.97. The van der Waals surface area contributed by atoms with Gasteiger partial charge >= 0.3 is 0 Å². The Kier molecular flexibility index (Phi) is 7.09. The lowest BCUT2D eigenvalue weighted by Crippen LogP contribution is -2.43. The van der Waals surface area contributed by atoms with E-state index in [-0.39, 0.29) is 11.9 Å². The van der Waals surface area contributed by atoms with E-state index in [4.69, 9.17) is 9.47 Å². The number of carbonyl (C=O) groups is 1. The normalized spacial score (nSPS) is 15.5. The molecule has 0 aliphatic carbocycles. The average molecular weight is 380 g/mol. The Morgan fingerprint density at radius 1 is 1.07 bits per heavy atom. The van der Waals surface area contributed by atoms with Crippen LogP contribution in [0.25, 0.3) is 6.08 Å². The van der Waals surface area contributed by atoms with Crippen molar-refractivity contribution >= 4 is 12.0 Å². The van der Waals surface area contributed by atoms with Crippen LogP contribution >= 0.6 is 0 Å². The van der Waals surface area contributed by atoms with Crippen molar-refractivity contribution in [2.24, 2.45) is 0 Å². The minimum absolute atomic E-state index is 0.0590. The lowest BCUT2D eigenvalue weighted by molar-refractivity contribution is -0.117. The van der Waals surface area contributed by atoms with Crippen LogP contribution in [0, 0.1) is 0 Å². The summed E-state index contributed by atoms with van der Waals surface area (Å²) in [5.74, 6) is 1.26. The number of methoxy groups -OCH3 is 2. The summed E-state index contributed by atoms with van der Waals surface area (Å²) < 4.78 is 10.5. The van der Waals surface area contributed by atoms with Crippen LogP contribution in [0.3, 0.4) is 0 Å². The molecule has 28 heavy (non-hydrogen) atoms. The molecule has 0 spiro atoms. The van der Waals surface area contributed by atoms with E-state index in [9.17, 15) is 4.79 Å². The highest BCUT2D eigenvalue weighted by atomic mass is 16.5. The van der Waals surface area contributed by atoms with Gasteiger partial charge in [-0.25, -0.2) is 0 Å². The summed E-state index contributed by atoms with van der Waals surface area (Å²) >= 11 is 0. The molecule has 3 rings (SSSR count). The van der Waals surface area contributed by atoms with Gasteiger partial charge in [-0.1, -0.05) is 36.4 Å². The molecular weight excluding hydrogens is 352 g/mol. The van der Waals surface area contributed by atoms with E-state index in [1.807, 2.05) is 24.3 Å². The molecule has 1 amide bonds. The summed E-state index contributed by atoms with van der Waals surface area (Å²) in [6.07, 6.45) is 5.32. The van der Waals surface area contributed by atoms with Crippen LogP contribution in [0.5, 0.6) is 11.5 Å². The predicted octanol–water partition coefficient (Wildman–Crippen LogP) is 3.50. The van der Waals surface area contributed by atoms with Gasteiger partial charge in [0.1, 0.15) is 0 Å². The number of piperidine rings is 1. The standard InChI is InChI=1S/C23H28N2O3/c1-27-21-10-8-18(16-22(21)28-2)9-11-23(26)24-20-12-14-25(15-13-20)17-19-6-4-3-5-7-19/h3-11,16,20H,12-15,17H2,1-2H3,(H,24,26)/b11-9+. The third-order valence-electron chi connectivity index (χ3n) is 5.02. The zero-order chi connectivity index (χ0) is 19.8. The van der Waals surface area contributed by atoms with Gasteiger partial charge in [0, 0.05) is 31.8 Å². The van der Waals surface area contributed by atoms with Gasteiger partial charge in [-0.15, -0.1) is 0 Å². The van der Waals surface area contributed by atoms with Gasteiger partial charge in [-0.3, -0.25) is 9.69 Å². The second-order valence-corrected chi connectivity index (χ2v) is 6.99. The first-order valence-electron chi connectivity index (χ1n) is 9.65. The molecule has 1 aliphatic heterocycles. The molecule has 0 saturated carbocycles. The van der Waals surface area contributed by atoms with E-state index in [0.717, 1.165) is 38.0 Å². The first-order chi connectivity index (χ1) is 13.7. The molecule has 0 atom stereocenters. The van der Waals surface area contributed by atoms with Gasteiger partial charge in [-0.2, -0.15) is 0 Å². The number of benzene rings is 2. The van der Waals surface area contributed by atoms with Crippen LogP contribution in [0.4, 0.5) is 0 Å². The van der Waals surface area contributed by atoms with Crippen LogP contribution in [0.1, 0.15) is 24.0 Å². The number of nitrogens with one attached hydrogen (secondary N) is 1. The van der Waals surface area contributed by atoms with Crippen molar-refractivity contribution in [1.29, 1.82) is 0 Å². The van der Waals surface area contributed by atoms with Crippen molar-refractivity contribution in [2.45, 2.75) is 25.4 Å². The number of carbonyl (C=O) groups excluding carboxylic acids is 1. The Morgan fingerprint density at radius 3 is 2.46 bits per heavy atom. The van der Waals surface area contributed by atoms with E-state index in [1.165, 1.54) is 5.56 Å². The Hall–Kier alpha value is -2.79. The van der Waals surface area contributed by atoms with E-state index >= 15 is 0 Å². The summed E-state index contributed by atoms with van der Waals surface area (Å²) in [6, 6.07) is 16.3. The second-order valence-electron chi connectivity index (χ2n) is 6.99. The molecule has 0 radical (unpaired) electrons. The number of amides is 1. The van der Waals surface area contributed by atoms with Gasteiger partial charge in [-0.05, 0) is 42.2 Å². The molecule has 1 saturated heterocycles. The van der Waals surface area contributed by atoms with Crippen molar-refractivity contribution in [2.75, 3.05) is 27.3 Å². The molecule has 2 aromatic carbocycles. The monoisotopic (exact) mass is 380 g/mol. The third kappa shape index (κ3) is 5.60. The highest BCUT2D eigenvalue weighted by Gasteiger charge is 2.20. The van der Waals surface area contributed by atoms with Crippen LogP contribution < -0.4 is 14.8 Å². The van der Waals surface area contributed by atoms with Crippen LogP contribution in [0.15, 0.2) is 54.6 Å². The molecule has 0 unspecified atom stereocenters. The van der Waals surface area contributed by atoms with Crippen LogP contribution in [-0.4, -0.2) is 44.2 Å². The topological polar surface area (TPSA) is 50.8 Å². The summed E-state index contributed by atoms with van der Waals surface area (Å²) in [4.78, 5) is 14.7. The van der Waals surface area contributed by atoms with E-state index < -0.39 is 0 Å². The lowest BCUT2D eigenvalue weighted by Gasteiger charge is -2.32. The first-order valence-corrected chi connectivity index (χ1v) is 9.65. The quantitative estimate of drug-likeness (QED) is 0.747. The Morgan fingerprint density at radius 2 is 1.79 bits per heavy atom. The van der Waals surface area contributed by atoms with Gasteiger partial charge in [0.25, 0.3) is 0 Å². The average Bonchev–Trinajstić information content (AvgIpc) is 2.74. The van der Waals surface area contributed by atoms with Crippen LogP contribution in [-0.2, 0) is 11.3 Å². The third-order valence-corrected chi connectivity index (χ3v) is 5.02. The Labute approximate surface area is 167 Å². The Balaban J connectivity index is 1.46. The number of likely N-dealkylation sites (tertiary alicyclic amines) is 1. The predicted molar refractivity (Wildman–Crippen MR) is 111 cm³/mol. The summed E-state index contributed by atoms with van der Waals surface area (Å²) in [7, 11) is 3.20. The zero-order valence-corrected chi connectivity index (χ0v) is 16.6. The first kappa shape index (κ1) is 20.0. The maximum atomic E-state index is 12.3. The SMILES string of the molecule is COc1ccc(/C=C/C(=O)NC2CCN(Cc3ccccc3)CC2)cc1OC. The molecule has 5 heteroatoms. The molecule has 1 aliphatic rings. The maximum Gasteiger partial charge on any atom is 0.244 e. The number of hydrogen-bond donors (Lipinski definition) is 1. The molecule has 1 heterocycles. The highest BCUT2D eigenvalue weighted by molar-refractivity contribution is 5.92. The van der Waals surface area contributed by atoms with Gasteiger partial charge in [0.15, 0.2) is 11.5 Å². The number of ether oxygens (including phenoxy) is 2. The van der Waals surface area contributed by atoms with Crippen molar-refractivity contribution in [3.05, 3.63) is 65.7 Å². The molecular formula is C23H28N2O3. The highest BCUT2D eigenvalue weighted by Crippen LogP contribution is 2.27. The van der Waals surface area contributed by atoms with Gasteiger partial charge in [0.2, 0.25) is 5.91 Å². The summed E-state index contributed by atoms with van der Waals surface area (Å²) in [5.41, 5.74) is 2.23. The fourth-order valence-corrected chi connectivity index (χ4v) is 3.45. The minimum Gasteiger partial charge on any atom is -0.493 e. The van der Waals surface area contributed by atoms with Crippen molar-refractivity contribution < 1.29 is 14.3 Å². The fraction of sp³-hybridized carbons (Fsp3) is 0.348. The zero-order valence-electron chi connectivity index (χ0n) is 16.6. The van der Waals surface area contributed by atoms with E-state index in [2.05, 4.69) is 34.5 Å². The fourth-order valence-electron chi connectivity index (χ4n) is 3.45. The Bertz CT molecular complexity index is 797. The number of rotatable bonds is 7. The smallest absolute Gasteiger partial charge is 0.244 e. The molecule has 0 aromatic heterocycles. The minimum atomic E-state index is -0.0590. The number of nitrogens with zero attached hydrogens (tertiary/aromatic N) is 1. The second kappa shape index (κ2) is 9.95. The molecule has 0 bridgehead atoms. The van der Waals surface area contributed by atoms with Gasteiger partial charge in [0.05, 0.1) is 14.2 Å². The maximum absolute atomic E-state index is 12.3. The molecule has 5 nitrogen and oxygen atoms in total. The van der Waals surface area contributed by atoms with Crippen molar-refractivity contribution in [1.82, 2.24) is 10.2 Å². The molecule has 2 aromatic rings. The van der Waals surface area contributed by atoms with E-state index in [0.29, 0.717) is 11.5 Å². The molecule has 1 fully saturated rings. The van der Waals surface area contributed by atoms with Crippen LogP contribution in [0.2, 0.25) is 0 Å².